The van der Waals surface area contributed by atoms with Crippen molar-refractivity contribution in [2.75, 3.05) is 13.2 Å². The third-order valence-corrected chi connectivity index (χ3v) is 4.27. The number of nitrogens with zero attached hydrogens (tertiary/aromatic N) is 2. The molecule has 25 heavy (non-hydrogen) atoms. The molecule has 1 aliphatic heterocycles. The third-order valence-electron chi connectivity index (χ3n) is 4.27. The zero-order valence-electron chi connectivity index (χ0n) is 14.3. The summed E-state index contributed by atoms with van der Waals surface area (Å²) in [7, 11) is 0. The zero-order chi connectivity index (χ0) is 18.0. The standard InChI is InChI=1S/C18H21N3O4/c1-11-5-6-15(12(2)8-11)21-17(23)14(16(22)20-18(21)24)10-19-9-13-4-3-7-25-13/h5-6,8,10,13,23H,3-4,7,9H2,1-2H3,(H,20,22,24)/t13-/m0/s1. The maximum Gasteiger partial charge on any atom is 0.335 e. The maximum atomic E-state index is 12.2. The summed E-state index contributed by atoms with van der Waals surface area (Å²) in [6.45, 7) is 4.92. The lowest BCUT2D eigenvalue weighted by Crippen LogP contribution is -2.31. The summed E-state index contributed by atoms with van der Waals surface area (Å²) < 4.78 is 6.56. The van der Waals surface area contributed by atoms with E-state index in [0.29, 0.717) is 12.2 Å². The van der Waals surface area contributed by atoms with E-state index in [-0.39, 0.29) is 11.7 Å². The molecule has 1 aliphatic rings. The van der Waals surface area contributed by atoms with Crippen LogP contribution in [-0.4, -0.2) is 40.1 Å². The fourth-order valence-corrected chi connectivity index (χ4v) is 2.98. The number of nitrogens with one attached hydrogen (secondary N) is 1. The molecule has 1 aromatic heterocycles. The van der Waals surface area contributed by atoms with E-state index in [1.54, 1.807) is 6.07 Å². The molecule has 0 aliphatic carbocycles. The summed E-state index contributed by atoms with van der Waals surface area (Å²) in [5, 5.41) is 10.5. The Kier molecular flexibility index (Phi) is 4.85. The van der Waals surface area contributed by atoms with E-state index in [2.05, 4.69) is 9.98 Å². The average molecular weight is 343 g/mol. The van der Waals surface area contributed by atoms with E-state index >= 15 is 0 Å². The zero-order valence-corrected chi connectivity index (χ0v) is 14.3. The van der Waals surface area contributed by atoms with Crippen molar-refractivity contribution >= 4 is 6.21 Å². The van der Waals surface area contributed by atoms with Crippen LogP contribution in [0, 0.1) is 13.8 Å². The Labute approximate surface area is 144 Å². The molecule has 132 valence electrons. The molecule has 0 radical (unpaired) electrons. The first-order valence-corrected chi connectivity index (χ1v) is 8.24. The second-order valence-corrected chi connectivity index (χ2v) is 6.25. The van der Waals surface area contributed by atoms with Crippen molar-refractivity contribution in [3.63, 3.8) is 0 Å². The normalized spacial score (nSPS) is 17.4. The van der Waals surface area contributed by atoms with Gasteiger partial charge in [0.2, 0.25) is 5.88 Å². The maximum absolute atomic E-state index is 12.2. The Bertz CT molecular complexity index is 921. The predicted octanol–water partition coefficient (Wildman–Crippen LogP) is 1.45. The van der Waals surface area contributed by atoms with Gasteiger partial charge in [-0.1, -0.05) is 17.7 Å². The van der Waals surface area contributed by atoms with Crippen molar-refractivity contribution in [2.45, 2.75) is 32.8 Å². The number of ether oxygens (including phenoxy) is 1. The molecule has 1 fully saturated rings. The fraction of sp³-hybridized carbons (Fsp3) is 0.389. The van der Waals surface area contributed by atoms with E-state index in [9.17, 15) is 14.7 Å². The highest BCUT2D eigenvalue weighted by molar-refractivity contribution is 5.82. The van der Waals surface area contributed by atoms with Crippen LogP contribution in [-0.2, 0) is 4.74 Å². The molecular formula is C18H21N3O4. The lowest BCUT2D eigenvalue weighted by molar-refractivity contribution is 0.118. The molecule has 0 bridgehead atoms. The second-order valence-electron chi connectivity index (χ2n) is 6.25. The summed E-state index contributed by atoms with van der Waals surface area (Å²) in [6.07, 6.45) is 3.28. The molecule has 3 rings (SSSR count). The lowest BCUT2D eigenvalue weighted by atomic mass is 10.1. The van der Waals surface area contributed by atoms with Crippen LogP contribution in [0.25, 0.3) is 5.69 Å². The minimum atomic E-state index is -0.689. The van der Waals surface area contributed by atoms with E-state index in [1.807, 2.05) is 26.0 Å². The van der Waals surface area contributed by atoms with Gasteiger partial charge in [-0.2, -0.15) is 0 Å². The van der Waals surface area contributed by atoms with Gasteiger partial charge in [0.1, 0.15) is 5.56 Å². The Morgan fingerprint density at radius 1 is 1.40 bits per heavy atom. The van der Waals surface area contributed by atoms with Gasteiger partial charge in [-0.05, 0) is 38.3 Å². The molecule has 2 N–H and O–H groups in total. The van der Waals surface area contributed by atoms with Crippen LogP contribution in [0.15, 0.2) is 32.8 Å². The van der Waals surface area contributed by atoms with Crippen LogP contribution in [0.2, 0.25) is 0 Å². The van der Waals surface area contributed by atoms with Crippen molar-refractivity contribution in [3.8, 4) is 11.6 Å². The number of aromatic nitrogens is 2. The Balaban J connectivity index is 2.01. The number of hydrogen-bond donors (Lipinski definition) is 2. The van der Waals surface area contributed by atoms with Crippen molar-refractivity contribution in [1.82, 2.24) is 9.55 Å². The van der Waals surface area contributed by atoms with Crippen LogP contribution in [0.3, 0.4) is 0 Å². The number of hydrogen-bond acceptors (Lipinski definition) is 5. The average Bonchev–Trinajstić information content (AvgIpc) is 3.05. The van der Waals surface area contributed by atoms with E-state index in [0.717, 1.165) is 35.1 Å². The molecule has 0 saturated carbocycles. The predicted molar refractivity (Wildman–Crippen MR) is 95.2 cm³/mol. The van der Waals surface area contributed by atoms with Crippen molar-refractivity contribution in [1.29, 1.82) is 0 Å². The fourth-order valence-electron chi connectivity index (χ4n) is 2.98. The van der Waals surface area contributed by atoms with Crippen LogP contribution in [0.5, 0.6) is 5.88 Å². The minimum Gasteiger partial charge on any atom is -0.493 e. The van der Waals surface area contributed by atoms with Crippen LogP contribution >= 0.6 is 0 Å². The van der Waals surface area contributed by atoms with E-state index < -0.39 is 17.1 Å². The van der Waals surface area contributed by atoms with Crippen molar-refractivity contribution in [3.05, 3.63) is 55.7 Å². The molecule has 7 heteroatoms. The van der Waals surface area contributed by atoms with Crippen LogP contribution in [0.4, 0.5) is 0 Å². The molecule has 0 unspecified atom stereocenters. The molecule has 1 atom stereocenters. The van der Waals surface area contributed by atoms with Gasteiger partial charge in [0.25, 0.3) is 5.56 Å². The van der Waals surface area contributed by atoms with Gasteiger partial charge in [0, 0.05) is 12.8 Å². The Hall–Kier alpha value is -2.67. The number of aryl methyl sites for hydroxylation is 2. The lowest BCUT2D eigenvalue weighted by Gasteiger charge is -2.12. The Morgan fingerprint density at radius 3 is 2.88 bits per heavy atom. The minimum absolute atomic E-state index is 0.0439. The Morgan fingerprint density at radius 2 is 2.20 bits per heavy atom. The second kappa shape index (κ2) is 7.06. The molecule has 2 aromatic rings. The highest BCUT2D eigenvalue weighted by atomic mass is 16.5. The first-order valence-electron chi connectivity index (χ1n) is 8.24. The number of aliphatic imine (C=N–C) groups is 1. The molecule has 0 amide bonds. The molecule has 0 spiro atoms. The van der Waals surface area contributed by atoms with Gasteiger partial charge in [0.05, 0.1) is 18.3 Å². The first-order chi connectivity index (χ1) is 12.0. The molecule has 1 aromatic carbocycles. The van der Waals surface area contributed by atoms with Gasteiger partial charge in [-0.15, -0.1) is 0 Å². The quantitative estimate of drug-likeness (QED) is 0.821. The van der Waals surface area contributed by atoms with Gasteiger partial charge in [0.15, 0.2) is 0 Å². The van der Waals surface area contributed by atoms with Crippen molar-refractivity contribution in [2.24, 2.45) is 4.99 Å². The topological polar surface area (TPSA) is 96.7 Å². The number of aromatic hydroxyl groups is 1. The molecule has 7 nitrogen and oxygen atoms in total. The van der Waals surface area contributed by atoms with Gasteiger partial charge >= 0.3 is 5.69 Å². The smallest absolute Gasteiger partial charge is 0.335 e. The number of rotatable bonds is 4. The third kappa shape index (κ3) is 3.56. The number of H-pyrrole nitrogens is 1. The largest absolute Gasteiger partial charge is 0.493 e. The summed E-state index contributed by atoms with van der Waals surface area (Å²) in [5.41, 5.74) is 0.962. The summed E-state index contributed by atoms with van der Waals surface area (Å²) >= 11 is 0. The van der Waals surface area contributed by atoms with Crippen molar-refractivity contribution < 1.29 is 9.84 Å². The summed E-state index contributed by atoms with van der Waals surface area (Å²) in [4.78, 5) is 30.7. The SMILES string of the molecule is Cc1ccc(-n2c(O)c(C=NC[C@@H]3CCCO3)c(=O)[nH]c2=O)c(C)c1. The first kappa shape index (κ1) is 17.2. The molecular weight excluding hydrogens is 322 g/mol. The number of aromatic amines is 1. The van der Waals surface area contributed by atoms with E-state index in [1.165, 1.54) is 6.21 Å². The highest BCUT2D eigenvalue weighted by Gasteiger charge is 2.17. The monoisotopic (exact) mass is 343 g/mol. The molecule has 2 heterocycles. The van der Waals surface area contributed by atoms with Gasteiger partial charge in [-0.25, -0.2) is 9.36 Å². The van der Waals surface area contributed by atoms with E-state index in [4.69, 9.17) is 4.74 Å². The summed E-state index contributed by atoms with van der Waals surface area (Å²) in [5.74, 6) is -0.420. The summed E-state index contributed by atoms with van der Waals surface area (Å²) in [6, 6.07) is 5.47. The van der Waals surface area contributed by atoms with Crippen LogP contribution < -0.4 is 11.2 Å². The number of benzene rings is 1. The highest BCUT2D eigenvalue weighted by Crippen LogP contribution is 2.20. The van der Waals surface area contributed by atoms with Crippen LogP contribution in [0.1, 0.15) is 29.5 Å². The van der Waals surface area contributed by atoms with Gasteiger partial charge in [-0.3, -0.25) is 14.8 Å². The van der Waals surface area contributed by atoms with Gasteiger partial charge < -0.3 is 9.84 Å². The molecule has 1 saturated heterocycles.